The van der Waals surface area contributed by atoms with Crippen molar-refractivity contribution in [3.05, 3.63) is 82.0 Å². The molecule has 3 aromatic rings. The van der Waals surface area contributed by atoms with Crippen LogP contribution in [0, 0.1) is 0 Å². The molecule has 0 bridgehead atoms. The lowest BCUT2D eigenvalue weighted by molar-refractivity contribution is -0.137. The summed E-state index contributed by atoms with van der Waals surface area (Å²) in [5, 5.41) is 7.29. The second kappa shape index (κ2) is 11.2. The molecule has 0 fully saturated rings. The molecule has 0 aliphatic carbocycles. The largest absolute Gasteiger partial charge is 0.484 e. The van der Waals surface area contributed by atoms with Crippen LogP contribution in [-0.4, -0.2) is 44.0 Å². The zero-order valence-corrected chi connectivity index (χ0v) is 19.4. The number of anilines is 1. The van der Waals surface area contributed by atoms with E-state index < -0.39 is 24.3 Å². The van der Waals surface area contributed by atoms with Gasteiger partial charge in [0.1, 0.15) is 5.75 Å². The number of nitrogens with one attached hydrogen (secondary N) is 2. The van der Waals surface area contributed by atoms with Crippen LogP contribution >= 0.6 is 11.3 Å². The minimum Gasteiger partial charge on any atom is -0.484 e. The first-order chi connectivity index (χ1) is 16.1. The second-order valence-corrected chi connectivity index (χ2v) is 8.62. The van der Waals surface area contributed by atoms with Crippen molar-refractivity contribution < 1.29 is 27.5 Å². The fraction of sp³-hybridized carbons (Fsp3) is 0.250. The molecule has 1 atom stereocenters. The molecule has 0 saturated heterocycles. The van der Waals surface area contributed by atoms with Crippen LogP contribution in [0.25, 0.3) is 0 Å². The first-order valence-electron chi connectivity index (χ1n) is 10.3. The van der Waals surface area contributed by atoms with Crippen LogP contribution in [0.1, 0.15) is 26.8 Å². The number of nitrogens with zero attached hydrogens (tertiary/aromatic N) is 1. The highest BCUT2D eigenvalue weighted by atomic mass is 32.1. The van der Waals surface area contributed by atoms with Crippen LogP contribution in [0.15, 0.2) is 66.0 Å². The van der Waals surface area contributed by atoms with Crippen LogP contribution < -0.4 is 15.4 Å². The molecule has 2 aromatic carbocycles. The fourth-order valence-corrected chi connectivity index (χ4v) is 4.05. The van der Waals surface area contributed by atoms with E-state index in [9.17, 15) is 22.8 Å². The van der Waals surface area contributed by atoms with Crippen molar-refractivity contribution in [3.63, 3.8) is 0 Å². The summed E-state index contributed by atoms with van der Waals surface area (Å²) in [5.74, 6) is -0.498. The van der Waals surface area contributed by atoms with Gasteiger partial charge in [0.2, 0.25) is 0 Å². The molecular weight excluding hydrogens is 467 g/mol. The summed E-state index contributed by atoms with van der Waals surface area (Å²) in [6.07, 6.45) is -4.50. The molecule has 3 rings (SSSR count). The maximum atomic E-state index is 12.8. The molecule has 0 aliphatic heterocycles. The third-order valence-corrected chi connectivity index (χ3v) is 5.88. The Kier molecular flexibility index (Phi) is 8.30. The highest BCUT2D eigenvalue weighted by Gasteiger charge is 2.30. The lowest BCUT2D eigenvalue weighted by Gasteiger charge is -2.23. The Labute approximate surface area is 199 Å². The average Bonchev–Trinajstić information content (AvgIpc) is 3.32. The molecule has 34 heavy (non-hydrogen) atoms. The summed E-state index contributed by atoms with van der Waals surface area (Å²) in [6, 6.07) is 14.7. The standard InChI is InChI=1S/C24H24F3N3O3S/c1-30(2)20(21-7-4-12-34-21)14-28-23(32)16-8-10-19(11-9-16)33-15-22(31)29-18-6-3-5-17(13-18)24(25,26)27/h3-13,20H,14-15H2,1-2H3,(H,28,32)(H,29,31). The minimum atomic E-state index is -4.50. The molecule has 180 valence electrons. The van der Waals surface area contributed by atoms with E-state index in [1.807, 2.05) is 36.5 Å². The van der Waals surface area contributed by atoms with Gasteiger partial charge in [-0.25, -0.2) is 0 Å². The predicted molar refractivity (Wildman–Crippen MR) is 125 cm³/mol. The van der Waals surface area contributed by atoms with Crippen molar-refractivity contribution in [1.82, 2.24) is 10.2 Å². The molecule has 10 heteroatoms. The second-order valence-electron chi connectivity index (χ2n) is 7.64. The number of halogens is 3. The number of amides is 2. The van der Waals surface area contributed by atoms with Crippen molar-refractivity contribution in [2.75, 3.05) is 32.6 Å². The Morgan fingerprint density at radius 3 is 2.41 bits per heavy atom. The Morgan fingerprint density at radius 1 is 1.06 bits per heavy atom. The maximum absolute atomic E-state index is 12.8. The summed E-state index contributed by atoms with van der Waals surface area (Å²) >= 11 is 1.63. The number of benzene rings is 2. The fourth-order valence-electron chi connectivity index (χ4n) is 3.13. The van der Waals surface area contributed by atoms with Crippen molar-refractivity contribution in [2.45, 2.75) is 12.2 Å². The van der Waals surface area contributed by atoms with E-state index in [1.54, 1.807) is 35.6 Å². The van der Waals surface area contributed by atoms with Crippen LogP contribution in [0.5, 0.6) is 5.75 Å². The van der Waals surface area contributed by atoms with Gasteiger partial charge in [0.15, 0.2) is 6.61 Å². The van der Waals surface area contributed by atoms with Gasteiger partial charge in [0, 0.05) is 22.7 Å². The highest BCUT2D eigenvalue weighted by Crippen LogP contribution is 2.30. The summed E-state index contributed by atoms with van der Waals surface area (Å²) in [5.41, 5.74) is -0.397. The van der Waals surface area contributed by atoms with Gasteiger partial charge >= 0.3 is 6.18 Å². The van der Waals surface area contributed by atoms with Crippen molar-refractivity contribution >= 4 is 28.8 Å². The minimum absolute atomic E-state index is 0.0222. The number of rotatable bonds is 9. The first kappa shape index (κ1) is 25.3. The van der Waals surface area contributed by atoms with E-state index in [4.69, 9.17) is 4.74 Å². The Hall–Kier alpha value is -3.37. The molecule has 2 N–H and O–H groups in total. The molecule has 1 aromatic heterocycles. The number of hydrogen-bond donors (Lipinski definition) is 2. The molecule has 0 spiro atoms. The molecular formula is C24H24F3N3O3S. The van der Waals surface area contributed by atoms with Crippen LogP contribution in [0.2, 0.25) is 0 Å². The van der Waals surface area contributed by atoms with Gasteiger partial charge < -0.3 is 20.3 Å². The third kappa shape index (κ3) is 7.06. The van der Waals surface area contributed by atoms with Gasteiger partial charge in [-0.3, -0.25) is 9.59 Å². The monoisotopic (exact) mass is 491 g/mol. The van der Waals surface area contributed by atoms with Crippen LogP contribution in [0.3, 0.4) is 0 Å². The van der Waals surface area contributed by atoms with Crippen LogP contribution in [0.4, 0.5) is 18.9 Å². The summed E-state index contributed by atoms with van der Waals surface area (Å²) in [7, 11) is 3.90. The summed E-state index contributed by atoms with van der Waals surface area (Å²) in [4.78, 5) is 27.7. The number of ether oxygens (including phenoxy) is 1. The molecule has 0 radical (unpaired) electrons. The van der Waals surface area contributed by atoms with Gasteiger partial charge in [0.25, 0.3) is 11.8 Å². The zero-order valence-electron chi connectivity index (χ0n) is 18.6. The predicted octanol–water partition coefficient (Wildman–Crippen LogP) is 4.82. The lowest BCUT2D eigenvalue weighted by atomic mass is 10.2. The molecule has 0 aliphatic rings. The van der Waals surface area contributed by atoms with E-state index in [0.29, 0.717) is 17.9 Å². The van der Waals surface area contributed by atoms with E-state index in [0.717, 1.165) is 17.0 Å². The molecule has 2 amide bonds. The van der Waals surface area contributed by atoms with Crippen molar-refractivity contribution in [3.8, 4) is 5.75 Å². The number of likely N-dealkylation sites (N-methyl/N-ethyl adjacent to an activating group) is 1. The van der Waals surface area contributed by atoms with Gasteiger partial charge in [-0.15, -0.1) is 11.3 Å². The summed E-state index contributed by atoms with van der Waals surface area (Å²) < 4.78 is 43.7. The maximum Gasteiger partial charge on any atom is 0.416 e. The molecule has 1 heterocycles. The van der Waals surface area contributed by atoms with Crippen molar-refractivity contribution in [1.29, 1.82) is 0 Å². The number of hydrogen-bond acceptors (Lipinski definition) is 5. The number of alkyl halides is 3. The molecule has 1 unspecified atom stereocenters. The number of thiophene rings is 1. The average molecular weight is 492 g/mol. The van der Waals surface area contributed by atoms with Gasteiger partial charge in [-0.1, -0.05) is 12.1 Å². The van der Waals surface area contributed by atoms with Gasteiger partial charge in [0.05, 0.1) is 11.6 Å². The first-order valence-corrected chi connectivity index (χ1v) is 11.2. The highest BCUT2D eigenvalue weighted by molar-refractivity contribution is 7.10. The molecule has 0 saturated carbocycles. The Bertz CT molecular complexity index is 1100. The number of carbonyl (C=O) groups is 2. The molecule has 6 nitrogen and oxygen atoms in total. The quantitative estimate of drug-likeness (QED) is 0.451. The van der Waals surface area contributed by atoms with E-state index in [-0.39, 0.29) is 17.6 Å². The summed E-state index contributed by atoms with van der Waals surface area (Å²) in [6.45, 7) is 0.0490. The van der Waals surface area contributed by atoms with Gasteiger partial charge in [-0.2, -0.15) is 13.2 Å². The topological polar surface area (TPSA) is 70.7 Å². The zero-order chi connectivity index (χ0) is 24.7. The van der Waals surface area contributed by atoms with Crippen LogP contribution in [-0.2, 0) is 11.0 Å². The smallest absolute Gasteiger partial charge is 0.416 e. The SMILES string of the molecule is CN(C)C(CNC(=O)c1ccc(OCC(=O)Nc2cccc(C(F)(F)F)c2)cc1)c1cccs1. The Balaban J connectivity index is 1.49. The lowest BCUT2D eigenvalue weighted by Crippen LogP contribution is -2.34. The van der Waals surface area contributed by atoms with E-state index >= 15 is 0 Å². The normalized spacial score (nSPS) is 12.3. The van der Waals surface area contributed by atoms with Crippen molar-refractivity contribution in [2.24, 2.45) is 0 Å². The van der Waals surface area contributed by atoms with E-state index in [1.165, 1.54) is 12.1 Å². The van der Waals surface area contributed by atoms with Gasteiger partial charge in [-0.05, 0) is 68.0 Å². The third-order valence-electron chi connectivity index (χ3n) is 4.91. The van der Waals surface area contributed by atoms with E-state index in [2.05, 4.69) is 10.6 Å². The number of carbonyl (C=O) groups excluding carboxylic acids is 2. The Morgan fingerprint density at radius 2 is 1.79 bits per heavy atom.